The van der Waals surface area contributed by atoms with Gasteiger partial charge in [0, 0.05) is 52.0 Å². The van der Waals surface area contributed by atoms with Crippen LogP contribution in [0.4, 0.5) is 0 Å². The van der Waals surface area contributed by atoms with Gasteiger partial charge in [0.2, 0.25) is 5.79 Å². The number of rotatable bonds is 10. The minimum atomic E-state index is -2.55. The third-order valence-electron chi connectivity index (χ3n) is 13.4. The Bertz CT molecular complexity index is 1710. The molecule has 3 heterocycles. The van der Waals surface area contributed by atoms with Gasteiger partial charge in [-0.05, 0) is 95.5 Å². The van der Waals surface area contributed by atoms with E-state index < -0.39 is 108 Å². The number of carboxylic acid groups (broad SMARTS) is 1. The van der Waals surface area contributed by atoms with Crippen LogP contribution in [0.2, 0.25) is 0 Å². The fourth-order valence-electron chi connectivity index (χ4n) is 9.88. The van der Waals surface area contributed by atoms with Crippen LogP contribution in [0.1, 0.15) is 112 Å². The minimum absolute atomic E-state index is 0.0229. The standard InChI is InChI=1S/C47H71NO15/c1-10-13-32-19-26(2)18-27(3)20-38(59-8)43-39(60-9)22-29(5)47(57,63-43)44(54)45(55)48-17-12-11-14-33(48)46(56)62-42(30(6)34(49)24-35(32)50)28(4)21-31-15-16-36(37(23-31)58-7)61-41(53)25-40(51)52/h10,19,21,27,29-34,36-39,42-43,49,57H,1,11-18,20,22-25H2,2-9H3,(H,51,52)/b26-19+,28-21-/t27-,29+,30+,31-,32+,33-,34-,36+,37+,38-,39-,42+,43+,47+/m0/s1. The van der Waals surface area contributed by atoms with Gasteiger partial charge < -0.3 is 48.6 Å². The second-order valence-electron chi connectivity index (χ2n) is 18.3. The quantitative estimate of drug-likeness (QED) is 0.117. The van der Waals surface area contributed by atoms with Crippen LogP contribution in [0.25, 0.3) is 0 Å². The number of nitrogens with zero attached hydrogens (tertiary/aromatic N) is 1. The predicted octanol–water partition coefficient (Wildman–Crippen LogP) is 4.66. The number of aliphatic hydroxyl groups is 2. The van der Waals surface area contributed by atoms with Crippen LogP contribution in [0.3, 0.4) is 0 Å². The summed E-state index contributed by atoms with van der Waals surface area (Å²) in [5.74, 6) is -10.5. The summed E-state index contributed by atoms with van der Waals surface area (Å²) in [5.41, 5.74) is 1.48. The molecule has 14 atom stereocenters. The van der Waals surface area contributed by atoms with Crippen LogP contribution < -0.4 is 0 Å². The summed E-state index contributed by atoms with van der Waals surface area (Å²) in [6.07, 6.45) is 2.67. The second-order valence-corrected chi connectivity index (χ2v) is 18.3. The number of fused-ring (bicyclic) bond motifs is 3. The van der Waals surface area contributed by atoms with E-state index in [0.29, 0.717) is 56.9 Å². The monoisotopic (exact) mass is 889 g/mol. The Morgan fingerprint density at radius 3 is 2.24 bits per heavy atom. The van der Waals surface area contributed by atoms with Gasteiger partial charge in [0.05, 0.1) is 24.4 Å². The van der Waals surface area contributed by atoms with Gasteiger partial charge in [-0.15, -0.1) is 6.58 Å². The molecule has 0 aromatic rings. The molecule has 0 aromatic carbocycles. The van der Waals surface area contributed by atoms with Crippen molar-refractivity contribution < 1.29 is 72.5 Å². The zero-order valence-corrected chi connectivity index (χ0v) is 38.3. The number of cyclic esters (lactones) is 1. The van der Waals surface area contributed by atoms with E-state index in [1.807, 2.05) is 26.0 Å². The average molecular weight is 890 g/mol. The summed E-state index contributed by atoms with van der Waals surface area (Å²) in [5, 5.41) is 32.9. The lowest BCUT2D eigenvalue weighted by Gasteiger charge is -2.47. The molecule has 2 bridgehead atoms. The van der Waals surface area contributed by atoms with Crippen molar-refractivity contribution in [2.75, 3.05) is 27.9 Å². The van der Waals surface area contributed by atoms with Crippen molar-refractivity contribution in [1.82, 2.24) is 4.90 Å². The third-order valence-corrected chi connectivity index (χ3v) is 13.4. The Hall–Kier alpha value is -3.80. The zero-order chi connectivity index (χ0) is 46.8. The van der Waals surface area contributed by atoms with Gasteiger partial charge in [-0.25, -0.2) is 4.79 Å². The van der Waals surface area contributed by atoms with E-state index in [2.05, 4.69) is 6.58 Å². The number of carboxylic acids is 1. The first kappa shape index (κ1) is 51.8. The van der Waals surface area contributed by atoms with Crippen molar-refractivity contribution in [3.05, 3.63) is 36.0 Å². The summed E-state index contributed by atoms with van der Waals surface area (Å²) in [4.78, 5) is 81.4. The maximum atomic E-state index is 14.4. The molecular weight excluding hydrogens is 819 g/mol. The first-order valence-electron chi connectivity index (χ1n) is 22.4. The Morgan fingerprint density at radius 2 is 1.60 bits per heavy atom. The lowest BCUT2D eigenvalue weighted by atomic mass is 9.81. The van der Waals surface area contributed by atoms with Crippen LogP contribution in [0.15, 0.2) is 36.0 Å². The normalized spacial score (nSPS) is 38.0. The van der Waals surface area contributed by atoms with Crippen molar-refractivity contribution in [2.45, 2.75) is 166 Å². The summed E-state index contributed by atoms with van der Waals surface area (Å²) >= 11 is 0. The molecule has 16 nitrogen and oxygen atoms in total. The van der Waals surface area contributed by atoms with E-state index in [9.17, 15) is 39.0 Å². The number of carbonyl (C=O) groups is 6. The minimum Gasteiger partial charge on any atom is -0.481 e. The van der Waals surface area contributed by atoms with Gasteiger partial charge in [0.15, 0.2) is 0 Å². The number of hydrogen-bond donors (Lipinski definition) is 3. The Labute approximate surface area is 371 Å². The maximum Gasteiger partial charge on any atom is 0.329 e. The van der Waals surface area contributed by atoms with Gasteiger partial charge in [0.1, 0.15) is 36.6 Å². The second kappa shape index (κ2) is 23.4. The molecule has 63 heavy (non-hydrogen) atoms. The van der Waals surface area contributed by atoms with E-state index >= 15 is 0 Å². The van der Waals surface area contributed by atoms with Crippen molar-refractivity contribution in [3.63, 3.8) is 0 Å². The van der Waals surface area contributed by atoms with Crippen molar-refractivity contribution >= 4 is 35.4 Å². The number of piperidine rings is 1. The van der Waals surface area contributed by atoms with Crippen LogP contribution in [0, 0.1) is 29.6 Å². The number of aliphatic carboxylic acids is 1. The number of carbonyl (C=O) groups excluding carboxylic acids is 5. The molecule has 0 aromatic heterocycles. The molecular formula is C47H71NO15. The Balaban J connectivity index is 1.75. The SMILES string of the molecule is C=CC[C@@H]1/C=C(\C)C[C@H](C)C[C@H](OC)[C@H]2O[C@@](O)(C(=O)C(=O)N3CCCC[C@H]3C(=O)O[C@H](/C(C)=C\[C@@H]3CC[C@@H](OC(=O)CC(=O)O)[C@H](OC)C3)[C@H](C)[C@@H](O)CC1=O)[C@H](C)C[C@@H]2OC. The maximum absolute atomic E-state index is 14.4. The molecule has 0 radical (unpaired) electrons. The molecule has 3 fully saturated rings. The van der Waals surface area contributed by atoms with Gasteiger partial charge in [-0.3, -0.25) is 24.0 Å². The van der Waals surface area contributed by atoms with E-state index in [0.717, 1.165) is 10.5 Å². The number of amides is 1. The third kappa shape index (κ3) is 13.2. The lowest BCUT2D eigenvalue weighted by Crippen LogP contribution is -2.64. The summed E-state index contributed by atoms with van der Waals surface area (Å²) in [6.45, 7) is 12.9. The van der Waals surface area contributed by atoms with Crippen molar-refractivity contribution in [2.24, 2.45) is 29.6 Å². The van der Waals surface area contributed by atoms with E-state index in [-0.39, 0.29) is 43.4 Å². The zero-order valence-electron chi connectivity index (χ0n) is 38.3. The molecule has 2 saturated heterocycles. The van der Waals surface area contributed by atoms with Gasteiger partial charge in [0.25, 0.3) is 11.7 Å². The molecule has 354 valence electrons. The van der Waals surface area contributed by atoms with Crippen LogP contribution >= 0.6 is 0 Å². The molecule has 16 heteroatoms. The molecule has 4 aliphatic rings. The molecule has 1 aliphatic carbocycles. The molecule has 0 spiro atoms. The molecule has 1 saturated carbocycles. The average Bonchev–Trinajstić information content (AvgIpc) is 3.24. The highest BCUT2D eigenvalue weighted by atomic mass is 16.7. The number of Topliss-reactive ketones (excluding diaryl/α,β-unsaturated/α-hetero) is 2. The van der Waals surface area contributed by atoms with Crippen molar-refractivity contribution in [3.8, 4) is 0 Å². The number of methoxy groups -OCH3 is 3. The smallest absolute Gasteiger partial charge is 0.329 e. The molecule has 1 amide bonds. The number of aliphatic hydroxyl groups excluding tert-OH is 1. The van der Waals surface area contributed by atoms with Gasteiger partial charge >= 0.3 is 17.9 Å². The molecule has 3 N–H and O–H groups in total. The van der Waals surface area contributed by atoms with E-state index in [1.54, 1.807) is 26.8 Å². The number of ketones is 2. The summed E-state index contributed by atoms with van der Waals surface area (Å²) in [7, 11) is 4.49. The number of hydrogen-bond acceptors (Lipinski definition) is 14. The van der Waals surface area contributed by atoms with Crippen molar-refractivity contribution in [1.29, 1.82) is 0 Å². The topological polar surface area (TPSA) is 222 Å². The highest BCUT2D eigenvalue weighted by Crippen LogP contribution is 2.39. The van der Waals surface area contributed by atoms with Crippen LogP contribution in [0.5, 0.6) is 0 Å². The number of esters is 2. The fourth-order valence-corrected chi connectivity index (χ4v) is 9.88. The summed E-state index contributed by atoms with van der Waals surface area (Å²) < 4.78 is 35.3. The number of ether oxygens (including phenoxy) is 6. The largest absolute Gasteiger partial charge is 0.481 e. The first-order valence-corrected chi connectivity index (χ1v) is 22.4. The van der Waals surface area contributed by atoms with Crippen LogP contribution in [-0.4, -0.2) is 138 Å². The highest BCUT2D eigenvalue weighted by Gasteiger charge is 2.56. The first-order chi connectivity index (χ1) is 29.8. The lowest BCUT2D eigenvalue weighted by molar-refractivity contribution is -0.302. The van der Waals surface area contributed by atoms with E-state index in [1.165, 1.54) is 21.3 Å². The number of allylic oxidation sites excluding steroid dienone is 4. The highest BCUT2D eigenvalue weighted by molar-refractivity contribution is 6.39. The van der Waals surface area contributed by atoms with Gasteiger partial charge in [-0.2, -0.15) is 0 Å². The molecule has 4 rings (SSSR count). The Kier molecular flexibility index (Phi) is 19.3. The Morgan fingerprint density at radius 1 is 0.937 bits per heavy atom. The van der Waals surface area contributed by atoms with E-state index in [4.69, 9.17) is 33.5 Å². The predicted molar refractivity (Wildman–Crippen MR) is 229 cm³/mol. The van der Waals surface area contributed by atoms with Crippen LogP contribution in [-0.2, 0) is 57.2 Å². The van der Waals surface area contributed by atoms with Gasteiger partial charge in [-0.1, -0.05) is 44.6 Å². The molecule has 3 aliphatic heterocycles. The molecule has 0 unspecified atom stereocenters. The summed E-state index contributed by atoms with van der Waals surface area (Å²) in [6, 6.07) is -1.21. The fraction of sp³-hybridized carbons (Fsp3) is 0.745.